The first kappa shape index (κ1) is 32.0. The van der Waals surface area contributed by atoms with Crippen molar-refractivity contribution in [3.8, 4) is 0 Å². The summed E-state index contributed by atoms with van der Waals surface area (Å²) in [7, 11) is -4.18. The topological polar surface area (TPSA) is 91.3 Å². The van der Waals surface area contributed by atoms with Crippen LogP contribution in [0.2, 0.25) is 0 Å². The summed E-state index contributed by atoms with van der Waals surface area (Å²) in [4.78, 5) is 0.00980. The van der Waals surface area contributed by atoms with E-state index in [9.17, 15) is 13.0 Å². The van der Waals surface area contributed by atoms with Crippen molar-refractivity contribution >= 4 is 10.1 Å². The molecule has 8 heteroatoms. The molecule has 1 aromatic rings. The van der Waals surface area contributed by atoms with Crippen LogP contribution < -0.4 is 0 Å². The van der Waals surface area contributed by atoms with Crippen molar-refractivity contribution in [3.63, 3.8) is 0 Å². The average Bonchev–Trinajstić information content (AvgIpc) is 2.81. The Hall–Kier alpha value is -1.03. The van der Waals surface area contributed by atoms with Crippen molar-refractivity contribution in [2.24, 2.45) is 0 Å². The Morgan fingerprint density at radius 1 is 0.657 bits per heavy atom. The molecule has 0 aliphatic rings. The number of rotatable bonds is 24. The zero-order valence-corrected chi connectivity index (χ0v) is 22.8. The highest BCUT2D eigenvalue weighted by Crippen LogP contribution is 2.19. The van der Waals surface area contributed by atoms with Crippen LogP contribution >= 0.6 is 0 Å². The molecule has 0 aliphatic carbocycles. The van der Waals surface area contributed by atoms with Gasteiger partial charge < -0.3 is 18.9 Å². The van der Waals surface area contributed by atoms with Gasteiger partial charge in [-0.25, -0.2) is 0 Å². The third kappa shape index (κ3) is 18.0. The van der Waals surface area contributed by atoms with Crippen LogP contribution in [0.15, 0.2) is 23.1 Å². The van der Waals surface area contributed by atoms with Crippen molar-refractivity contribution < 1.29 is 31.9 Å². The minimum absolute atomic E-state index is 0.00980. The van der Waals surface area contributed by atoms with Crippen molar-refractivity contribution in [2.45, 2.75) is 89.4 Å². The predicted molar refractivity (Wildman–Crippen MR) is 140 cm³/mol. The van der Waals surface area contributed by atoms with Gasteiger partial charge in [-0.05, 0) is 82.8 Å². The van der Waals surface area contributed by atoms with Gasteiger partial charge in [-0.2, -0.15) is 8.42 Å². The molecule has 0 fully saturated rings. The molecule has 0 spiro atoms. The van der Waals surface area contributed by atoms with E-state index >= 15 is 0 Å². The van der Waals surface area contributed by atoms with Gasteiger partial charge in [-0.3, -0.25) is 4.55 Å². The summed E-state index contributed by atoms with van der Waals surface area (Å²) in [6.07, 6.45) is 10.7. The Labute approximate surface area is 213 Å². The standard InChI is InChI=1S/C27H48O7S/c1-3-4-16-31-18-7-8-20-33-22-11-12-23-34-21-10-9-19-32-17-6-5-13-26-24-25(2)14-15-27(26)35(28,29)30/h14-15,24H,3-13,16-23H2,1-2H3,(H,28,29,30). The van der Waals surface area contributed by atoms with Crippen LogP contribution in [-0.2, 0) is 35.5 Å². The summed E-state index contributed by atoms with van der Waals surface area (Å²) in [5.74, 6) is 0. The molecule has 0 aromatic heterocycles. The quantitative estimate of drug-likeness (QED) is 0.138. The molecule has 1 N–H and O–H groups in total. The number of hydrogen-bond donors (Lipinski definition) is 1. The first-order chi connectivity index (χ1) is 16.9. The van der Waals surface area contributed by atoms with E-state index in [1.807, 2.05) is 13.0 Å². The first-order valence-corrected chi connectivity index (χ1v) is 14.8. The van der Waals surface area contributed by atoms with Crippen molar-refractivity contribution in [1.82, 2.24) is 0 Å². The molecule has 0 radical (unpaired) electrons. The van der Waals surface area contributed by atoms with Crippen LogP contribution in [0.3, 0.4) is 0 Å². The monoisotopic (exact) mass is 516 g/mol. The van der Waals surface area contributed by atoms with Crippen LogP contribution in [0.5, 0.6) is 0 Å². The molecule has 0 saturated carbocycles. The van der Waals surface area contributed by atoms with Gasteiger partial charge in [0.2, 0.25) is 0 Å². The number of hydrogen-bond acceptors (Lipinski definition) is 6. The van der Waals surface area contributed by atoms with Crippen LogP contribution in [0.4, 0.5) is 0 Å². The summed E-state index contributed by atoms with van der Waals surface area (Å²) in [6, 6.07) is 4.99. The highest BCUT2D eigenvalue weighted by Gasteiger charge is 2.14. The van der Waals surface area contributed by atoms with E-state index in [2.05, 4.69) is 6.92 Å². The van der Waals surface area contributed by atoms with E-state index in [4.69, 9.17) is 18.9 Å². The molecule has 0 bridgehead atoms. The Morgan fingerprint density at radius 3 is 1.46 bits per heavy atom. The molecule has 0 aliphatic heterocycles. The number of aryl methyl sites for hydroxylation is 2. The number of benzene rings is 1. The second-order valence-electron chi connectivity index (χ2n) is 8.97. The van der Waals surface area contributed by atoms with Crippen molar-refractivity contribution in [2.75, 3.05) is 52.9 Å². The lowest BCUT2D eigenvalue weighted by atomic mass is 10.1. The van der Waals surface area contributed by atoms with Gasteiger partial charge in [0.05, 0.1) is 4.90 Å². The lowest BCUT2D eigenvalue weighted by Gasteiger charge is -2.09. The SMILES string of the molecule is CCCCOCCCCOCCCCOCCCCOCCCCc1cc(C)ccc1S(=O)(=O)O. The lowest BCUT2D eigenvalue weighted by molar-refractivity contribution is 0.0843. The van der Waals surface area contributed by atoms with E-state index in [1.54, 1.807) is 6.07 Å². The molecule has 0 unspecified atom stereocenters. The molecular formula is C27H48O7S. The zero-order valence-electron chi connectivity index (χ0n) is 22.0. The summed E-state index contributed by atoms with van der Waals surface area (Å²) in [5.41, 5.74) is 1.65. The van der Waals surface area contributed by atoms with Crippen molar-refractivity contribution in [3.05, 3.63) is 29.3 Å². The third-order valence-corrected chi connectivity index (χ3v) is 6.56. The van der Waals surface area contributed by atoms with Gasteiger partial charge in [0.25, 0.3) is 10.1 Å². The highest BCUT2D eigenvalue weighted by atomic mass is 32.2. The third-order valence-electron chi connectivity index (χ3n) is 5.60. The fourth-order valence-electron chi connectivity index (χ4n) is 3.55. The van der Waals surface area contributed by atoms with Gasteiger partial charge in [0, 0.05) is 52.9 Å². The van der Waals surface area contributed by atoms with E-state index in [0.717, 1.165) is 103 Å². The van der Waals surface area contributed by atoms with Crippen LogP contribution in [0.1, 0.15) is 82.3 Å². The fraction of sp³-hybridized carbons (Fsp3) is 0.778. The first-order valence-electron chi connectivity index (χ1n) is 13.3. The van der Waals surface area contributed by atoms with Crippen LogP contribution in [0, 0.1) is 6.92 Å². The minimum atomic E-state index is -4.18. The average molecular weight is 517 g/mol. The minimum Gasteiger partial charge on any atom is -0.381 e. The number of ether oxygens (including phenoxy) is 4. The fourth-order valence-corrected chi connectivity index (χ4v) is 4.29. The van der Waals surface area contributed by atoms with Gasteiger partial charge in [-0.1, -0.05) is 31.0 Å². The molecule has 0 heterocycles. The summed E-state index contributed by atoms with van der Waals surface area (Å²) in [6.45, 7) is 10.3. The molecule has 1 rings (SSSR count). The van der Waals surface area contributed by atoms with E-state index in [0.29, 0.717) is 25.2 Å². The van der Waals surface area contributed by atoms with E-state index < -0.39 is 10.1 Å². The predicted octanol–water partition coefficient (Wildman–Crippen LogP) is 5.77. The maximum absolute atomic E-state index is 11.5. The lowest BCUT2D eigenvalue weighted by Crippen LogP contribution is -2.05. The largest absolute Gasteiger partial charge is 0.381 e. The van der Waals surface area contributed by atoms with Gasteiger partial charge in [0.1, 0.15) is 0 Å². The second-order valence-corrected chi connectivity index (χ2v) is 10.4. The Morgan fingerprint density at radius 2 is 1.06 bits per heavy atom. The molecule has 204 valence electrons. The van der Waals surface area contributed by atoms with Gasteiger partial charge >= 0.3 is 0 Å². The van der Waals surface area contributed by atoms with E-state index in [1.165, 1.54) is 12.5 Å². The molecule has 0 atom stereocenters. The van der Waals surface area contributed by atoms with Crippen LogP contribution in [-0.4, -0.2) is 65.8 Å². The summed E-state index contributed by atoms with van der Waals surface area (Å²) < 4.78 is 54.9. The zero-order chi connectivity index (χ0) is 25.6. The maximum atomic E-state index is 11.5. The van der Waals surface area contributed by atoms with Crippen molar-refractivity contribution in [1.29, 1.82) is 0 Å². The summed E-state index contributed by atoms with van der Waals surface area (Å²) in [5, 5.41) is 0. The number of unbranched alkanes of at least 4 members (excludes halogenated alkanes) is 5. The van der Waals surface area contributed by atoms with Gasteiger partial charge in [0.15, 0.2) is 0 Å². The highest BCUT2D eigenvalue weighted by molar-refractivity contribution is 7.85. The maximum Gasteiger partial charge on any atom is 0.294 e. The Balaban J connectivity index is 1.84. The molecule has 7 nitrogen and oxygen atoms in total. The Bertz CT molecular complexity index is 737. The normalized spacial score (nSPS) is 11.9. The van der Waals surface area contributed by atoms with Gasteiger partial charge in [-0.15, -0.1) is 0 Å². The van der Waals surface area contributed by atoms with E-state index in [-0.39, 0.29) is 4.90 Å². The summed E-state index contributed by atoms with van der Waals surface area (Å²) >= 11 is 0. The molecule has 0 amide bonds. The molecule has 35 heavy (non-hydrogen) atoms. The molecule has 1 aromatic carbocycles. The Kier molecular flexibility index (Phi) is 19.3. The smallest absolute Gasteiger partial charge is 0.294 e. The molecule has 0 saturated heterocycles. The molecular weight excluding hydrogens is 468 g/mol. The van der Waals surface area contributed by atoms with Crippen LogP contribution in [0.25, 0.3) is 0 Å². The second kappa shape index (κ2) is 21.1.